The maximum absolute atomic E-state index is 10.1. The molecule has 1 aromatic carbocycles. The van der Waals surface area contributed by atoms with E-state index in [9.17, 15) is 13.0 Å². The summed E-state index contributed by atoms with van der Waals surface area (Å²) in [5.74, 6) is 0. The molecule has 0 unspecified atom stereocenters. The molecule has 0 amide bonds. The molecule has 0 spiro atoms. The second kappa shape index (κ2) is 6.85. The summed E-state index contributed by atoms with van der Waals surface area (Å²) < 4.78 is 34.3. The van der Waals surface area contributed by atoms with Gasteiger partial charge in [-0.1, -0.05) is 29.8 Å². The quantitative estimate of drug-likeness (QED) is 0.369. The maximum Gasteiger partial charge on any atom is 1.00 e. The number of hydrogen-bond acceptors (Lipinski definition) is 4. The van der Waals surface area contributed by atoms with E-state index < -0.39 is 10.4 Å². The Kier molecular flexibility index (Phi) is 7.03. The zero-order valence-corrected chi connectivity index (χ0v) is 11.7. The van der Waals surface area contributed by atoms with Gasteiger partial charge in [0, 0.05) is 5.02 Å². The Morgan fingerprint density at radius 2 is 1.93 bits per heavy atom. The number of hydrogen-bond donors (Lipinski definition) is 0. The van der Waals surface area contributed by atoms with Crippen LogP contribution in [-0.2, 0) is 21.0 Å². The Hall–Kier alpha value is 0.380. The van der Waals surface area contributed by atoms with Crippen molar-refractivity contribution in [2.24, 2.45) is 0 Å². The van der Waals surface area contributed by atoms with Gasteiger partial charge in [0.2, 0.25) is 10.4 Å². The fraction of sp³-hybridized carbons (Fsp3) is 0.250. The minimum absolute atomic E-state index is 0. The van der Waals surface area contributed by atoms with Crippen molar-refractivity contribution in [3.8, 4) is 0 Å². The normalized spacial score (nSPS) is 10.8. The second-order valence-electron chi connectivity index (χ2n) is 2.57. The average Bonchev–Trinajstić information content (AvgIpc) is 2.06. The van der Waals surface area contributed by atoms with Gasteiger partial charge in [0.15, 0.2) is 0 Å². The molecule has 7 heteroatoms. The zero-order valence-electron chi connectivity index (χ0n) is 8.14. The number of halogens is 1. The Morgan fingerprint density at radius 3 is 2.47 bits per heavy atom. The van der Waals surface area contributed by atoms with E-state index in [1.165, 1.54) is 0 Å². The third kappa shape index (κ3) is 6.52. The van der Waals surface area contributed by atoms with Gasteiger partial charge < -0.3 is 4.55 Å². The summed E-state index contributed by atoms with van der Waals surface area (Å²) in [6.45, 7) is -0.185. The first-order valence-electron chi connectivity index (χ1n) is 3.83. The molecule has 0 aliphatic heterocycles. The molecule has 0 aliphatic rings. The molecule has 0 N–H and O–H groups in total. The average molecular weight is 259 g/mol. The van der Waals surface area contributed by atoms with Crippen LogP contribution in [0.1, 0.15) is 5.56 Å². The SMILES string of the molecule is O=S(=O)([O-])OCCc1ccccc1Cl.[Na+]. The fourth-order valence-electron chi connectivity index (χ4n) is 0.955. The first-order chi connectivity index (χ1) is 6.49. The topological polar surface area (TPSA) is 66.4 Å². The second-order valence-corrected chi connectivity index (χ2v) is 4.03. The monoisotopic (exact) mass is 258 g/mol. The van der Waals surface area contributed by atoms with Crippen LogP contribution in [0, 0.1) is 0 Å². The Balaban J connectivity index is 0.00000196. The van der Waals surface area contributed by atoms with Crippen molar-refractivity contribution in [3.05, 3.63) is 34.9 Å². The van der Waals surface area contributed by atoms with E-state index in [0.29, 0.717) is 11.4 Å². The molecule has 15 heavy (non-hydrogen) atoms. The summed E-state index contributed by atoms with van der Waals surface area (Å²) in [4.78, 5) is 0. The maximum atomic E-state index is 10.1. The molecule has 0 radical (unpaired) electrons. The predicted octanol–water partition coefficient (Wildman–Crippen LogP) is -1.64. The van der Waals surface area contributed by atoms with Crippen LogP contribution in [0.3, 0.4) is 0 Å². The van der Waals surface area contributed by atoms with E-state index in [4.69, 9.17) is 11.6 Å². The number of benzene rings is 1. The van der Waals surface area contributed by atoms with Gasteiger partial charge >= 0.3 is 29.6 Å². The van der Waals surface area contributed by atoms with Crippen molar-refractivity contribution in [2.45, 2.75) is 6.42 Å². The molecular formula is C8H8ClNaO4S. The van der Waals surface area contributed by atoms with Gasteiger partial charge in [-0.2, -0.15) is 0 Å². The van der Waals surface area contributed by atoms with Crippen molar-refractivity contribution in [2.75, 3.05) is 6.61 Å². The van der Waals surface area contributed by atoms with Crippen LogP contribution in [0.25, 0.3) is 0 Å². The van der Waals surface area contributed by atoms with E-state index in [1.807, 2.05) is 0 Å². The van der Waals surface area contributed by atoms with Gasteiger partial charge in [0.25, 0.3) is 0 Å². The van der Waals surface area contributed by atoms with Gasteiger partial charge in [0.1, 0.15) is 0 Å². The van der Waals surface area contributed by atoms with Gasteiger partial charge in [-0.15, -0.1) is 0 Å². The third-order valence-corrected chi connectivity index (χ3v) is 2.38. The van der Waals surface area contributed by atoms with Crippen LogP contribution in [0.4, 0.5) is 0 Å². The largest absolute Gasteiger partial charge is 1.00 e. The summed E-state index contributed by atoms with van der Waals surface area (Å²) in [7, 11) is -4.60. The van der Waals surface area contributed by atoms with Crippen LogP contribution >= 0.6 is 11.6 Å². The zero-order chi connectivity index (χ0) is 10.6. The van der Waals surface area contributed by atoms with Crippen molar-refractivity contribution < 1.29 is 46.7 Å². The van der Waals surface area contributed by atoms with Crippen molar-refractivity contribution in [1.82, 2.24) is 0 Å². The molecule has 1 rings (SSSR count). The fourth-order valence-corrected chi connectivity index (χ4v) is 1.47. The van der Waals surface area contributed by atoms with Gasteiger partial charge in [-0.3, -0.25) is 4.18 Å². The summed E-state index contributed by atoms with van der Waals surface area (Å²) in [6, 6.07) is 6.95. The van der Waals surface area contributed by atoms with Crippen LogP contribution in [-0.4, -0.2) is 19.6 Å². The number of rotatable bonds is 4. The molecule has 1 aromatic rings. The molecule has 78 valence electrons. The molecule has 0 saturated heterocycles. The molecule has 4 nitrogen and oxygen atoms in total. The van der Waals surface area contributed by atoms with Crippen LogP contribution in [0.15, 0.2) is 24.3 Å². The van der Waals surface area contributed by atoms with Crippen LogP contribution in [0.5, 0.6) is 0 Å². The molecule has 0 aliphatic carbocycles. The molecule has 0 atom stereocenters. The molecule has 0 aromatic heterocycles. The minimum atomic E-state index is -4.60. The summed E-state index contributed by atoms with van der Waals surface area (Å²) in [6.07, 6.45) is 0.293. The van der Waals surface area contributed by atoms with Crippen molar-refractivity contribution in [3.63, 3.8) is 0 Å². The summed E-state index contributed by atoms with van der Waals surface area (Å²) in [5.41, 5.74) is 0.748. The Morgan fingerprint density at radius 1 is 1.33 bits per heavy atom. The predicted molar refractivity (Wildman–Crippen MR) is 50.8 cm³/mol. The summed E-state index contributed by atoms with van der Waals surface area (Å²) >= 11 is 5.79. The van der Waals surface area contributed by atoms with E-state index in [1.54, 1.807) is 24.3 Å². The van der Waals surface area contributed by atoms with E-state index in [-0.39, 0.29) is 36.2 Å². The van der Waals surface area contributed by atoms with E-state index in [2.05, 4.69) is 4.18 Å². The minimum Gasteiger partial charge on any atom is -0.726 e. The van der Waals surface area contributed by atoms with Crippen LogP contribution in [0.2, 0.25) is 5.02 Å². The first-order valence-corrected chi connectivity index (χ1v) is 5.54. The molecule has 0 saturated carbocycles. The van der Waals surface area contributed by atoms with Gasteiger partial charge in [0.05, 0.1) is 6.61 Å². The molecule has 0 fully saturated rings. The third-order valence-electron chi connectivity index (χ3n) is 1.56. The molecule has 0 bridgehead atoms. The van der Waals surface area contributed by atoms with Gasteiger partial charge in [-0.25, -0.2) is 8.42 Å². The summed E-state index contributed by atoms with van der Waals surface area (Å²) in [5, 5.41) is 0.527. The van der Waals surface area contributed by atoms with Crippen molar-refractivity contribution >= 4 is 22.0 Å². The Bertz CT molecular complexity index is 407. The molecule has 0 heterocycles. The Labute approximate surface area is 116 Å². The van der Waals surface area contributed by atoms with E-state index >= 15 is 0 Å². The smallest absolute Gasteiger partial charge is 0.726 e. The van der Waals surface area contributed by atoms with Gasteiger partial charge in [-0.05, 0) is 18.1 Å². The van der Waals surface area contributed by atoms with E-state index in [0.717, 1.165) is 5.56 Å². The first kappa shape index (κ1) is 15.4. The molecular weight excluding hydrogens is 251 g/mol. The van der Waals surface area contributed by atoms with Crippen LogP contribution < -0.4 is 29.6 Å². The van der Waals surface area contributed by atoms with Crippen molar-refractivity contribution in [1.29, 1.82) is 0 Å². The standard InChI is InChI=1S/C8H9ClO4S.Na/c9-8-4-2-1-3-7(8)5-6-13-14(10,11)12;/h1-4H,5-6H2,(H,10,11,12);/q;+1/p-1.